The Morgan fingerprint density at radius 1 is 1.17 bits per heavy atom. The number of aromatic carboxylic acids is 1. The highest BCUT2D eigenvalue weighted by Crippen LogP contribution is 2.52. The second-order valence-corrected chi connectivity index (χ2v) is 9.83. The molecule has 0 amide bonds. The average Bonchev–Trinajstić information content (AvgIpc) is 3.19. The number of nitrogens with zero attached hydrogens (tertiary/aromatic N) is 3. The van der Waals surface area contributed by atoms with Crippen molar-refractivity contribution in [3.63, 3.8) is 0 Å². The van der Waals surface area contributed by atoms with Crippen molar-refractivity contribution in [2.75, 3.05) is 19.6 Å². The maximum Gasteiger partial charge on any atom is 0.573 e. The van der Waals surface area contributed by atoms with Crippen LogP contribution in [0.2, 0.25) is 0 Å². The number of benzene rings is 2. The minimum atomic E-state index is -4.66. The molecular formula is C26H27F3N3O3S-. The number of piperidine rings is 1. The lowest BCUT2D eigenvalue weighted by molar-refractivity contribution is -0.274. The van der Waals surface area contributed by atoms with E-state index < -0.39 is 12.3 Å². The Labute approximate surface area is 211 Å². The van der Waals surface area contributed by atoms with Crippen molar-refractivity contribution in [3.8, 4) is 5.75 Å². The molecule has 192 valence electrons. The summed E-state index contributed by atoms with van der Waals surface area (Å²) in [5.74, 6) is 0.909. The van der Waals surface area contributed by atoms with Crippen molar-refractivity contribution < 1.29 is 27.8 Å². The van der Waals surface area contributed by atoms with E-state index in [2.05, 4.69) is 51.1 Å². The maximum absolute atomic E-state index is 12.3. The normalized spacial score (nSPS) is 20.8. The maximum atomic E-state index is 12.3. The predicted molar refractivity (Wildman–Crippen MR) is 131 cm³/mol. The lowest BCUT2D eigenvalue weighted by Crippen LogP contribution is -2.24. The predicted octanol–water partition coefficient (Wildman–Crippen LogP) is 5.99. The fourth-order valence-corrected chi connectivity index (χ4v) is 5.23. The third-order valence-corrected chi connectivity index (χ3v) is 6.94. The molecule has 10 heteroatoms. The molecule has 0 radical (unpaired) electrons. The first-order valence-electron chi connectivity index (χ1n) is 11.6. The lowest BCUT2D eigenvalue weighted by atomic mass is 10.1. The molecule has 2 unspecified atom stereocenters. The number of carboxylic acids is 1. The van der Waals surface area contributed by atoms with Gasteiger partial charge >= 0.3 is 12.3 Å². The molecule has 0 spiro atoms. The van der Waals surface area contributed by atoms with E-state index >= 15 is 0 Å². The highest BCUT2D eigenvalue weighted by Gasteiger charge is 2.52. The smallest absolute Gasteiger partial charge is 0.573 e. The standard InChI is InChI=1S/C22H24F3N2O.C4H3NO2S/c1-15-4-2-6-17(8-15)12-27-13-20-19(21(20)14-27)11-26-10-16-5-3-7-18(9-16)28-22(23,24)25;6-4(7)3-1-8-2-5-3/h2-9,19-21H,10-14H2,1H3;1-2H,(H,6,7)/q-1;. The van der Waals surface area contributed by atoms with Gasteiger partial charge in [-0.3, -0.25) is 4.90 Å². The van der Waals surface area contributed by atoms with Gasteiger partial charge in [-0.2, -0.15) is 0 Å². The van der Waals surface area contributed by atoms with Crippen LogP contribution in [0.5, 0.6) is 5.75 Å². The molecule has 0 bridgehead atoms. The van der Waals surface area contributed by atoms with E-state index in [9.17, 15) is 18.0 Å². The number of likely N-dealkylation sites (tertiary alicyclic amines) is 1. The summed E-state index contributed by atoms with van der Waals surface area (Å²) in [6, 6.07) is 14.7. The van der Waals surface area contributed by atoms with E-state index in [1.165, 1.54) is 45.5 Å². The zero-order valence-electron chi connectivity index (χ0n) is 19.7. The summed E-state index contributed by atoms with van der Waals surface area (Å²) >= 11 is 1.28. The fraction of sp³-hybridized carbons (Fsp3) is 0.385. The lowest BCUT2D eigenvalue weighted by Gasteiger charge is -2.24. The molecule has 2 fully saturated rings. The van der Waals surface area contributed by atoms with Crippen molar-refractivity contribution in [2.45, 2.75) is 26.4 Å². The molecule has 2 heterocycles. The van der Waals surface area contributed by atoms with E-state index in [0.717, 1.165) is 31.7 Å². The van der Waals surface area contributed by atoms with Gasteiger partial charge in [0.1, 0.15) is 5.75 Å². The minimum absolute atomic E-state index is 0.120. The second kappa shape index (κ2) is 11.4. The van der Waals surface area contributed by atoms with Crippen LogP contribution in [0, 0.1) is 24.7 Å². The van der Waals surface area contributed by atoms with Gasteiger partial charge in [0.2, 0.25) is 0 Å². The summed E-state index contributed by atoms with van der Waals surface area (Å²) in [4.78, 5) is 16.1. The number of hydrogen-bond donors (Lipinski definition) is 1. The Bertz CT molecular complexity index is 1140. The van der Waals surface area contributed by atoms with Crippen molar-refractivity contribution >= 4 is 17.3 Å². The van der Waals surface area contributed by atoms with Gasteiger partial charge < -0.3 is 15.2 Å². The highest BCUT2D eigenvalue weighted by atomic mass is 32.1. The molecule has 1 aromatic heterocycles. The Morgan fingerprint density at radius 2 is 1.89 bits per heavy atom. The number of aryl methyl sites for hydroxylation is 1. The first-order valence-corrected chi connectivity index (χ1v) is 12.5. The van der Waals surface area contributed by atoms with Crippen LogP contribution in [-0.4, -0.2) is 47.0 Å². The molecule has 6 nitrogen and oxygen atoms in total. The second-order valence-electron chi connectivity index (χ2n) is 9.11. The van der Waals surface area contributed by atoms with Crippen LogP contribution < -0.4 is 4.74 Å². The summed E-state index contributed by atoms with van der Waals surface area (Å²) < 4.78 is 40.9. The number of thiazole rings is 1. The number of halogens is 3. The monoisotopic (exact) mass is 518 g/mol. The zero-order chi connectivity index (χ0) is 25.7. The molecule has 2 atom stereocenters. The van der Waals surface area contributed by atoms with Crippen molar-refractivity contribution in [1.82, 2.24) is 9.88 Å². The number of rotatable bonds is 8. The number of carbonyl (C=O) groups is 1. The Balaban J connectivity index is 0.000000325. The van der Waals surface area contributed by atoms with Gasteiger partial charge in [-0.05, 0) is 36.5 Å². The zero-order valence-corrected chi connectivity index (χ0v) is 20.5. The average molecular weight is 519 g/mol. The molecule has 1 aliphatic heterocycles. The molecular weight excluding hydrogens is 491 g/mol. The Kier molecular flexibility index (Phi) is 8.28. The molecule has 1 saturated carbocycles. The Morgan fingerprint density at radius 3 is 2.50 bits per heavy atom. The molecule has 2 aliphatic rings. The summed E-state index contributed by atoms with van der Waals surface area (Å²) in [5, 5.41) is 14.3. The fourth-order valence-electron chi connectivity index (χ4n) is 4.71. The van der Waals surface area contributed by atoms with E-state index in [1.807, 2.05) is 0 Å². The van der Waals surface area contributed by atoms with Crippen LogP contribution >= 0.6 is 11.3 Å². The number of aromatic nitrogens is 1. The first kappa shape index (κ1) is 26.1. The summed E-state index contributed by atoms with van der Waals surface area (Å²) in [6.07, 6.45) is -4.66. The molecule has 5 rings (SSSR count). The summed E-state index contributed by atoms with van der Waals surface area (Å²) in [5.41, 5.74) is 5.01. The molecule has 2 aromatic carbocycles. The topological polar surface area (TPSA) is 76.8 Å². The molecule has 3 aromatic rings. The largest absolute Gasteiger partial charge is 0.658 e. The van der Waals surface area contributed by atoms with Crippen LogP contribution in [0.3, 0.4) is 0 Å². The molecule has 36 heavy (non-hydrogen) atoms. The Hall–Kier alpha value is -2.95. The van der Waals surface area contributed by atoms with Gasteiger partial charge in [0, 0.05) is 25.0 Å². The van der Waals surface area contributed by atoms with Gasteiger partial charge in [0.05, 0.1) is 5.51 Å². The van der Waals surface area contributed by atoms with Gasteiger partial charge in [0.15, 0.2) is 5.69 Å². The third-order valence-electron chi connectivity index (χ3n) is 6.35. The molecule has 1 aliphatic carbocycles. The number of ether oxygens (including phenoxy) is 1. The number of fused-ring (bicyclic) bond motifs is 1. The molecule has 1 saturated heterocycles. The number of hydrogen-bond acceptors (Lipinski definition) is 5. The van der Waals surface area contributed by atoms with Gasteiger partial charge in [-0.15, -0.1) is 37.6 Å². The van der Waals surface area contributed by atoms with Crippen LogP contribution in [-0.2, 0) is 13.1 Å². The van der Waals surface area contributed by atoms with Gasteiger partial charge in [-0.1, -0.05) is 53.4 Å². The summed E-state index contributed by atoms with van der Waals surface area (Å²) in [7, 11) is 0. The van der Waals surface area contributed by atoms with Crippen molar-refractivity contribution in [2.24, 2.45) is 17.8 Å². The number of carboxylic acid groups (broad SMARTS) is 1. The quantitative estimate of drug-likeness (QED) is 0.397. The van der Waals surface area contributed by atoms with E-state index in [1.54, 1.807) is 12.1 Å². The highest BCUT2D eigenvalue weighted by molar-refractivity contribution is 7.07. The first-order chi connectivity index (χ1) is 17.2. The van der Waals surface area contributed by atoms with E-state index in [-0.39, 0.29) is 11.4 Å². The van der Waals surface area contributed by atoms with Crippen molar-refractivity contribution in [3.05, 3.63) is 87.1 Å². The van der Waals surface area contributed by atoms with E-state index in [4.69, 9.17) is 5.11 Å². The van der Waals surface area contributed by atoms with Crippen LogP contribution in [0.4, 0.5) is 13.2 Å². The van der Waals surface area contributed by atoms with E-state index in [0.29, 0.717) is 24.3 Å². The SMILES string of the molecule is Cc1cccc(CN2CC3C(C[N-]Cc4cccc(OC(F)(F)F)c4)C3C2)c1.O=C(O)c1cscn1. The molecule has 1 N–H and O–H groups in total. The van der Waals surface area contributed by atoms with Gasteiger partial charge in [-0.25, -0.2) is 9.78 Å². The summed E-state index contributed by atoms with van der Waals surface area (Å²) in [6.45, 7) is 6.58. The minimum Gasteiger partial charge on any atom is -0.658 e. The van der Waals surface area contributed by atoms with Gasteiger partial charge in [0.25, 0.3) is 0 Å². The van der Waals surface area contributed by atoms with Crippen LogP contribution in [0.1, 0.15) is 27.2 Å². The third kappa shape index (κ3) is 7.52. The number of alkyl halides is 3. The van der Waals surface area contributed by atoms with Crippen molar-refractivity contribution in [1.29, 1.82) is 0 Å². The van der Waals surface area contributed by atoms with Crippen LogP contribution in [0.15, 0.2) is 59.4 Å². The van der Waals surface area contributed by atoms with Crippen LogP contribution in [0.25, 0.3) is 5.32 Å².